The van der Waals surface area contributed by atoms with E-state index in [-0.39, 0.29) is 37.4 Å². The van der Waals surface area contributed by atoms with E-state index in [2.05, 4.69) is 219 Å². The van der Waals surface area contributed by atoms with Gasteiger partial charge in [-0.2, -0.15) is 0 Å². The molecule has 0 fully saturated rings. The van der Waals surface area contributed by atoms with Crippen molar-refractivity contribution in [2.24, 2.45) is 0 Å². The van der Waals surface area contributed by atoms with Crippen molar-refractivity contribution in [3.05, 3.63) is 192 Å². The van der Waals surface area contributed by atoms with Crippen molar-refractivity contribution in [1.29, 1.82) is 0 Å². The number of rotatable bonds is 7. The number of para-hydroxylation sites is 2. The molecule has 0 amide bonds. The molecule has 0 spiro atoms. The molecule has 6 heteroatoms. The van der Waals surface area contributed by atoms with E-state index in [1.165, 1.54) is 71.4 Å². The van der Waals surface area contributed by atoms with Gasteiger partial charge in [-0.25, -0.2) is 0 Å². The van der Waals surface area contributed by atoms with Gasteiger partial charge in [-0.1, -0.05) is 152 Å². The Morgan fingerprint density at radius 1 is 0.634 bits per heavy atom. The van der Waals surface area contributed by atoms with Crippen molar-refractivity contribution in [3.8, 4) is 39.5 Å². The van der Waals surface area contributed by atoms with E-state index in [0.717, 1.165) is 55.6 Å². The van der Waals surface area contributed by atoms with Gasteiger partial charge in [0.25, 0.3) is 0 Å². The second-order valence-electron chi connectivity index (χ2n) is 21.8. The van der Waals surface area contributed by atoms with Gasteiger partial charge < -0.3 is 14.0 Å². The van der Waals surface area contributed by atoms with E-state index in [4.69, 9.17) is 9.40 Å². The first kappa shape index (κ1) is 49.5. The van der Waals surface area contributed by atoms with E-state index in [9.17, 15) is 0 Å². The summed E-state index contributed by atoms with van der Waals surface area (Å²) < 4.78 is 9.29. The smallest absolute Gasteiger partial charge is 0.121 e. The van der Waals surface area contributed by atoms with Gasteiger partial charge in [-0.15, -0.1) is 54.1 Å². The monoisotopic (exact) mass is 1120 g/mol. The van der Waals surface area contributed by atoms with Crippen LogP contribution in [-0.2, 0) is 25.5 Å². The van der Waals surface area contributed by atoms with Gasteiger partial charge in [0, 0.05) is 37.4 Å². The number of fused-ring (bicyclic) bond motifs is 7. The Balaban J connectivity index is 0.000000313. The van der Waals surface area contributed by atoms with Crippen LogP contribution in [0.15, 0.2) is 156 Å². The van der Waals surface area contributed by atoms with Gasteiger partial charge >= 0.3 is 0 Å². The Morgan fingerprint density at radius 2 is 1.31 bits per heavy atom. The van der Waals surface area contributed by atoms with Crippen molar-refractivity contribution in [3.63, 3.8) is 0 Å². The standard InChI is InChI=1S/C51H47N2O.C14H16NSi.Ir/c1-29(2)40-26-35(47-31(5)23-36(24-32(47)6)51(7,8)9)27-41(30(3)4)48(40)53-45-20-13-12-19-44(45)52-50(53)39-18-14-17-38-43-25-34-22-21-33-15-10-11-16-37(33)42(34)28-46(43)54-49(38)39;1-16(2,3)13-9-10-14(15-11-13)12-7-5-4-6-8-12;/h10-17,19-30H,1-9H3;4-7,9-11H,1-3H3;/q2*-1;. The topological polar surface area (TPSA) is 43.9 Å². The predicted molar refractivity (Wildman–Crippen MR) is 301 cm³/mol. The first-order valence-corrected chi connectivity index (χ1v) is 28.4. The molecule has 0 saturated carbocycles. The molecule has 11 rings (SSSR count). The second-order valence-corrected chi connectivity index (χ2v) is 26.9. The average molecular weight is 1120 g/mol. The van der Waals surface area contributed by atoms with Crippen LogP contribution in [0, 0.1) is 26.0 Å². The number of hydrogen-bond acceptors (Lipinski definition) is 3. The summed E-state index contributed by atoms with van der Waals surface area (Å²) in [6, 6.07) is 58.9. The van der Waals surface area contributed by atoms with Gasteiger partial charge in [-0.3, -0.25) is 4.98 Å². The number of aryl methyl sites for hydroxylation is 2. The van der Waals surface area contributed by atoms with Crippen LogP contribution >= 0.6 is 0 Å². The molecule has 71 heavy (non-hydrogen) atoms. The van der Waals surface area contributed by atoms with Crippen molar-refractivity contribution in [1.82, 2.24) is 14.5 Å². The third-order valence-corrected chi connectivity index (χ3v) is 16.0. The molecule has 3 heterocycles. The maximum atomic E-state index is 6.89. The number of benzene rings is 8. The van der Waals surface area contributed by atoms with Crippen LogP contribution in [0.4, 0.5) is 0 Å². The molecule has 11 aromatic rings. The molecule has 0 aliphatic heterocycles. The van der Waals surface area contributed by atoms with Gasteiger partial charge in [0.1, 0.15) is 5.58 Å². The van der Waals surface area contributed by atoms with Gasteiger partial charge in [0.05, 0.1) is 30.5 Å². The molecule has 0 bridgehead atoms. The summed E-state index contributed by atoms with van der Waals surface area (Å²) in [6.07, 6.45) is 2.02. The van der Waals surface area contributed by atoms with Crippen molar-refractivity contribution >= 4 is 67.8 Å². The van der Waals surface area contributed by atoms with E-state index in [1.54, 1.807) is 0 Å². The molecule has 0 saturated heterocycles. The van der Waals surface area contributed by atoms with Crippen LogP contribution in [0.5, 0.6) is 0 Å². The average Bonchev–Trinajstić information content (AvgIpc) is 3.91. The molecule has 0 aliphatic rings. The second kappa shape index (κ2) is 19.3. The summed E-state index contributed by atoms with van der Waals surface area (Å²) >= 11 is 0. The summed E-state index contributed by atoms with van der Waals surface area (Å²) in [4.78, 5) is 9.91. The van der Waals surface area contributed by atoms with Crippen LogP contribution < -0.4 is 5.19 Å². The molecule has 0 N–H and O–H groups in total. The van der Waals surface area contributed by atoms with Gasteiger partial charge in [0.15, 0.2) is 0 Å². The van der Waals surface area contributed by atoms with Crippen molar-refractivity contribution < 1.29 is 24.5 Å². The van der Waals surface area contributed by atoms with Crippen LogP contribution in [0.3, 0.4) is 0 Å². The zero-order valence-corrected chi connectivity index (χ0v) is 46.6. The molecular formula is C65H63IrN3OSi-2. The Kier molecular flexibility index (Phi) is 13.5. The van der Waals surface area contributed by atoms with Crippen LogP contribution in [0.2, 0.25) is 19.6 Å². The fourth-order valence-corrected chi connectivity index (χ4v) is 11.2. The zero-order chi connectivity index (χ0) is 49.2. The van der Waals surface area contributed by atoms with Crippen LogP contribution in [0.1, 0.15) is 88.1 Å². The normalized spacial score (nSPS) is 12.1. The minimum atomic E-state index is -1.23. The molecule has 8 aromatic carbocycles. The number of pyridine rings is 1. The van der Waals surface area contributed by atoms with Crippen molar-refractivity contribution in [2.75, 3.05) is 0 Å². The van der Waals surface area contributed by atoms with Crippen LogP contribution in [-0.4, -0.2) is 22.6 Å². The first-order chi connectivity index (χ1) is 33.5. The van der Waals surface area contributed by atoms with Gasteiger partial charge in [-0.05, 0) is 139 Å². The Bertz CT molecular complexity index is 3700. The molecular weight excluding hydrogens is 1060 g/mol. The molecule has 0 atom stereocenters. The fraction of sp³-hybridized carbons (Fsp3) is 0.231. The Labute approximate surface area is 434 Å². The van der Waals surface area contributed by atoms with Crippen molar-refractivity contribution in [2.45, 2.75) is 99.2 Å². The predicted octanol–water partition coefficient (Wildman–Crippen LogP) is 17.6. The minimum Gasteiger partial charge on any atom is -0.501 e. The molecule has 0 unspecified atom stereocenters. The first-order valence-electron chi connectivity index (χ1n) is 24.9. The number of aromatic nitrogens is 3. The fourth-order valence-electron chi connectivity index (χ4n) is 10.2. The molecule has 359 valence electrons. The molecule has 1 radical (unpaired) electrons. The van der Waals surface area contributed by atoms with E-state index in [0.29, 0.717) is 0 Å². The number of imidazole rings is 1. The Hall–Kier alpha value is -6.43. The molecule has 3 aromatic heterocycles. The minimum absolute atomic E-state index is 0. The summed E-state index contributed by atoms with van der Waals surface area (Å²) in [5.41, 5.74) is 17.1. The largest absolute Gasteiger partial charge is 0.501 e. The third kappa shape index (κ3) is 9.35. The summed E-state index contributed by atoms with van der Waals surface area (Å²) in [5.74, 6) is 1.36. The number of hydrogen-bond donors (Lipinski definition) is 0. The SMILES string of the molecule is C[Si](C)(C)c1ccc(-c2[c-]cccc2)nc1.Cc1cc(C(C)(C)C)cc(C)c1-c1cc(C(C)C)c(-n2c(-c3[c-]ccc4c3oc3cc5c(ccc6ccccc65)cc34)nc3ccccc32)c(C(C)C)c1.[Ir]. The quantitative estimate of drug-likeness (QED) is 0.0907. The zero-order valence-electron chi connectivity index (χ0n) is 43.2. The summed E-state index contributed by atoms with van der Waals surface area (Å²) in [6.45, 7) is 27.7. The van der Waals surface area contributed by atoms with Crippen LogP contribution in [0.25, 0.3) is 94.0 Å². The summed E-state index contributed by atoms with van der Waals surface area (Å²) in [7, 11) is -1.23. The van der Waals surface area contributed by atoms with E-state index in [1.807, 2.05) is 36.5 Å². The molecule has 4 nitrogen and oxygen atoms in total. The summed E-state index contributed by atoms with van der Waals surface area (Å²) in [5, 5.41) is 8.42. The Morgan fingerprint density at radius 3 is 1.96 bits per heavy atom. The number of furan rings is 1. The van der Waals surface area contributed by atoms with Gasteiger partial charge in [0.2, 0.25) is 0 Å². The third-order valence-electron chi connectivity index (χ3n) is 14.0. The molecule has 0 aliphatic carbocycles. The van der Waals surface area contributed by atoms with E-state index >= 15 is 0 Å². The van der Waals surface area contributed by atoms with E-state index < -0.39 is 8.07 Å². The maximum absolute atomic E-state index is 6.89. The maximum Gasteiger partial charge on any atom is 0.121 e. The number of nitrogens with zero attached hydrogens (tertiary/aromatic N) is 3.